The van der Waals surface area contributed by atoms with E-state index in [9.17, 15) is 12.6 Å². The van der Waals surface area contributed by atoms with Gasteiger partial charge in [-0.25, -0.2) is 57.3 Å². The van der Waals surface area contributed by atoms with E-state index >= 15 is 0 Å². The highest BCUT2D eigenvalue weighted by atomic mass is 32.2. The molecule has 28 rings (SSSR count). The van der Waals surface area contributed by atoms with Crippen LogP contribution in [0.4, 0.5) is 0 Å². The first-order chi connectivity index (χ1) is 74.1. The summed E-state index contributed by atoms with van der Waals surface area (Å²) in [6.45, 7) is 2.44. The highest BCUT2D eigenvalue weighted by Gasteiger charge is 2.00. The van der Waals surface area contributed by atoms with Crippen molar-refractivity contribution in [2.45, 2.75) is 19.3 Å². The predicted octanol–water partition coefficient (Wildman–Crippen LogP) is 17.8. The lowest BCUT2D eigenvalue weighted by Gasteiger charge is -1.73. The van der Waals surface area contributed by atoms with Crippen molar-refractivity contribution in [3.8, 4) is 0 Å². The van der Waals surface area contributed by atoms with Crippen LogP contribution in [0, 0.1) is 0 Å². The maximum Gasteiger partial charge on any atom is 0.213 e. The minimum atomic E-state index is -2.91. The van der Waals surface area contributed by atoms with E-state index in [0.717, 1.165) is 49.7 Å². The van der Waals surface area contributed by atoms with Gasteiger partial charge in [-0.1, -0.05) is 98.0 Å². The highest BCUT2D eigenvalue weighted by Crippen LogP contribution is 2.02. The number of aromatic nitrogens is 32. The molecule has 0 radical (unpaired) electrons. The Balaban J connectivity index is 0.000000773. The third kappa shape index (κ3) is 118. The van der Waals surface area contributed by atoms with Crippen LogP contribution in [0.15, 0.2) is 544 Å². The van der Waals surface area contributed by atoms with Gasteiger partial charge in [-0.3, -0.25) is 44.1 Å². The van der Waals surface area contributed by atoms with Crippen molar-refractivity contribution in [3.05, 3.63) is 472 Å². The topological polar surface area (TPSA) is 655 Å². The van der Waals surface area contributed by atoms with Crippen molar-refractivity contribution < 1.29 is 44.1 Å². The van der Waals surface area contributed by atoms with Gasteiger partial charge in [0, 0.05) is 180 Å². The number of allylic oxidation sites excluding steroid dienone is 10. The maximum absolute atomic E-state index is 10.3. The lowest BCUT2D eigenvalue weighted by Crippen LogP contribution is -1.80. The molecule has 0 aromatic carbocycles. The number of nitrogens with zero attached hydrogens (tertiary/aromatic N) is 40. The SMILES string of the molecule is C1=CCC=C1.C1=CCN=C1.C1=CN=CC1.C1=CN=NC1.C1=NC=NC1.C1=NN=CC1.O=S1(=O)C=CC=C1.O=S1C=CC=C1.c1ccncc1.c1ccncc1.c1ccnnc1.c1ccoc1.c1ccsc1.c1cnccn1.c1cnncn1.c1cnoc1.c1cnon1.c1cnsc1.c1cnsn1.c1cocn1.c1conn1.c1cscn1.c1csnn1.c1ncncn1.c1ncon1.c1ncsn1.c1nnco1.c1nncs1. The number of aliphatic imine (C=N–C) groups is 4. The first-order valence-corrected chi connectivity index (χ1v) is 50.2. The molecular weight excluding hydrogens is 2090 g/mol. The minimum absolute atomic E-state index is 0.778. The molecule has 20 aromatic heterocycles. The van der Waals surface area contributed by atoms with Crippen LogP contribution in [0.2, 0.25) is 0 Å². The van der Waals surface area contributed by atoms with E-state index in [1.807, 2.05) is 136 Å². The van der Waals surface area contributed by atoms with Gasteiger partial charge in [-0.05, 0) is 137 Å². The summed E-state index contributed by atoms with van der Waals surface area (Å²) in [6.07, 6.45) is 97.3. The number of furan rings is 1. The molecule has 27 heterocycles. The largest absolute Gasteiger partial charge is 0.473 e. The smallest absolute Gasteiger partial charge is 0.213 e. The summed E-state index contributed by atoms with van der Waals surface area (Å²) in [7, 11) is -3.69. The first kappa shape index (κ1) is 128. The van der Waals surface area contributed by atoms with Crippen LogP contribution in [0.1, 0.15) is 19.3 Å². The van der Waals surface area contributed by atoms with E-state index in [1.165, 1.54) is 177 Å². The van der Waals surface area contributed by atoms with Crippen LogP contribution < -0.4 is 0 Å². The Kier molecular flexibility index (Phi) is 102. The molecule has 0 bridgehead atoms. The second-order valence-corrected chi connectivity index (χ2v) is 29.9. The fourth-order valence-electron chi connectivity index (χ4n) is 6.14. The normalized spacial score (nSPS) is 11.1. The molecule has 20 aromatic rings. The third-order valence-corrected chi connectivity index (χ3v) is 17.0. The van der Waals surface area contributed by atoms with E-state index in [2.05, 4.69) is 255 Å². The van der Waals surface area contributed by atoms with Gasteiger partial charge >= 0.3 is 0 Å². The Bertz CT molecular complexity index is 4640. The maximum atomic E-state index is 10.3. The Hall–Kier alpha value is -18.7. The monoisotopic (exact) mass is 2180 g/mol. The number of pyridine rings is 2. The van der Waals surface area contributed by atoms with Gasteiger partial charge in [0.2, 0.25) is 19.2 Å². The Morgan fingerprint density at radius 2 is 1.00 bits per heavy atom. The molecular formula is C90H96N40O10S9. The molecule has 0 atom stereocenters. The second-order valence-electron chi connectivity index (χ2n) is 22.1. The van der Waals surface area contributed by atoms with Crippen LogP contribution in [-0.2, 0) is 20.6 Å². The van der Waals surface area contributed by atoms with Crippen molar-refractivity contribution in [2.24, 2.45) is 40.4 Å². The van der Waals surface area contributed by atoms with Crippen molar-refractivity contribution in [1.82, 2.24) is 159 Å². The van der Waals surface area contributed by atoms with Crippen LogP contribution in [0.3, 0.4) is 0 Å². The first-order valence-electron chi connectivity index (χ1n) is 41.2. The standard InChI is InChI=1S/2C5H5N.C5H6.2C4H4N2.2C4H5N.C4H4O2S.C4H4OS.C4H4O.C4H4S.2C3H3N3.3C3H4N2.2C3H3NO.2C3H3NS.4C2H2N2O.4C2H2N2S/c2*1-2-4-6-5-3-1;1-2-4-5-3-1;1-2-6-4-3-5-1;1-2-4-6-5-3-1;2*1-2-4-5-3-1;5-7(6)3-1-2-4-7;5-6-3-1-2-4-6;2*1-2-4-5-3-1;1-4-2-6-3-5-1;1-2-5-6-3-4-1;1-2-5-3-4-1;2*1-2-4-5-3-1;1-2-5-3-4-1;1-2-4-5-3-1;1-2-5-3-4-1;1-2-4-5-3-1;1-3-4-2-5-1;1-3-2-5-4-1;1-2-5-4-3-1;1-2-4-5-3-1;1-3-4-2-5-1;1-3-2-5-4-1;1-2-5-4-3-1;1-2-4-5-3-1/h2*1-5H;1-4H,5H2;2*1-4H;1,3-4H,2H2;1-3H,4H2;1-4H;1-4H;2*1-4H;2*1-3H;1,3H,2H2;2-3H,1H2;1-2H,3H2;4*1-3H;8*1-2H. The Morgan fingerprint density at radius 1 is 0.309 bits per heavy atom. The van der Waals surface area contributed by atoms with Crippen LogP contribution >= 0.6 is 80.3 Å². The van der Waals surface area contributed by atoms with Crippen molar-refractivity contribution >= 4 is 138 Å². The number of sulfone groups is 1. The molecule has 0 fully saturated rings. The molecule has 149 heavy (non-hydrogen) atoms. The zero-order chi connectivity index (χ0) is 106. The zero-order valence-corrected chi connectivity index (χ0v) is 85.7. The predicted molar refractivity (Wildman–Crippen MR) is 573 cm³/mol. The van der Waals surface area contributed by atoms with Crippen molar-refractivity contribution in [2.75, 3.05) is 19.6 Å². The number of oxazole rings is 1. The quantitative estimate of drug-likeness (QED) is 0.136. The zero-order valence-electron chi connectivity index (χ0n) is 78.4. The average molecular weight is 2190 g/mol. The summed E-state index contributed by atoms with van der Waals surface area (Å²) in [5.41, 5.74) is 6.83. The van der Waals surface area contributed by atoms with Crippen LogP contribution in [0.25, 0.3) is 0 Å². The summed E-state index contributed by atoms with van der Waals surface area (Å²) >= 11 is 10.2. The summed E-state index contributed by atoms with van der Waals surface area (Å²) in [5, 5.41) is 80.0. The molecule has 50 nitrogen and oxygen atoms in total. The summed E-state index contributed by atoms with van der Waals surface area (Å²) in [4.78, 5) is 58.7. The van der Waals surface area contributed by atoms with Crippen molar-refractivity contribution in [3.63, 3.8) is 0 Å². The summed E-state index contributed by atoms with van der Waals surface area (Å²) in [5.74, 6) is 0. The molecule has 1 aliphatic carbocycles. The molecule has 0 saturated heterocycles. The molecule has 0 amide bonds. The van der Waals surface area contributed by atoms with Gasteiger partial charge < -0.3 is 26.8 Å². The van der Waals surface area contributed by atoms with E-state index in [1.54, 1.807) is 241 Å². The minimum Gasteiger partial charge on any atom is -0.473 e. The fourth-order valence-corrected chi connectivity index (χ4v) is 9.68. The molecule has 0 saturated carbocycles. The van der Waals surface area contributed by atoms with Gasteiger partial charge in [-0.2, -0.15) is 60.2 Å². The molecule has 0 unspecified atom stereocenters. The summed E-state index contributed by atoms with van der Waals surface area (Å²) in [6, 6.07) is 26.4. The van der Waals surface area contributed by atoms with Crippen LogP contribution in [0.5, 0.6) is 0 Å². The van der Waals surface area contributed by atoms with Gasteiger partial charge in [0.15, 0.2) is 22.6 Å². The van der Waals surface area contributed by atoms with Gasteiger partial charge in [0.1, 0.15) is 73.3 Å². The van der Waals surface area contributed by atoms with E-state index in [-0.39, 0.29) is 0 Å². The number of thiazole rings is 1. The second kappa shape index (κ2) is 118. The van der Waals surface area contributed by atoms with Crippen LogP contribution in [-0.4, -0.2) is 228 Å². The Morgan fingerprint density at radius 3 is 1.18 bits per heavy atom. The average Bonchev–Trinajstić information content (AvgIpc) is 1.79. The molecule has 0 N–H and O–H groups in total. The summed E-state index contributed by atoms with van der Waals surface area (Å²) < 4.78 is 79.2. The number of hydrogen-bond donors (Lipinski definition) is 0. The number of rotatable bonds is 0. The molecule has 8 aliphatic rings. The molecule has 770 valence electrons. The lowest BCUT2D eigenvalue weighted by atomic mass is 10.5. The van der Waals surface area contributed by atoms with E-state index in [4.69, 9.17) is 0 Å². The third-order valence-electron chi connectivity index (χ3n) is 11.6. The van der Waals surface area contributed by atoms with Gasteiger partial charge in [-0.15, -0.1) is 58.4 Å². The lowest BCUT2D eigenvalue weighted by molar-refractivity contribution is 0.307. The Labute approximate surface area is 886 Å². The van der Waals surface area contributed by atoms with Gasteiger partial charge in [0.05, 0.1) is 116 Å². The molecule has 59 heteroatoms. The molecule has 7 aliphatic heterocycles. The molecule has 0 spiro atoms. The van der Waals surface area contributed by atoms with E-state index < -0.39 is 20.6 Å². The number of hydrogen-bond acceptors (Lipinski definition) is 57. The van der Waals surface area contributed by atoms with Crippen molar-refractivity contribution in [1.29, 1.82) is 0 Å². The number of thiophene rings is 1. The van der Waals surface area contributed by atoms with Gasteiger partial charge in [0.25, 0.3) is 0 Å². The van der Waals surface area contributed by atoms with E-state index in [0.29, 0.717) is 0 Å². The fraction of sp³-hybridized carbons (Fsp3) is 0.0667. The number of azo groups is 1. The highest BCUT2D eigenvalue weighted by molar-refractivity contribution is 7.97.